The standard InChI is InChI=1S/C31H51N13O9/c1-16-14-44(31(51)40-25(16)46)23-13-20(41-42-36)22(53-23)15-52-29(50)19(8-5-11-37-30(34)35)39-26(47)21-9-6-12-43(21)28(49)18(7-3-4-10-32)38-27(48)24(33)17(2)45/h14,17-24,45H,3-13,15,32-33H2,1-2H3,(H,38,48)(H,39,47)(H4,34,35,37)(H,40,46,51)/t17-,18+,19+,20+,21+,22-,23-,24+/m1/s1. The maximum atomic E-state index is 13.8. The van der Waals surface area contributed by atoms with Crippen LogP contribution in [0, 0.1) is 6.92 Å². The van der Waals surface area contributed by atoms with E-state index in [-0.39, 0.29) is 56.7 Å². The predicted molar refractivity (Wildman–Crippen MR) is 190 cm³/mol. The number of aliphatic hydroxyl groups is 1. The van der Waals surface area contributed by atoms with E-state index in [4.69, 9.17) is 37.9 Å². The third-order valence-electron chi connectivity index (χ3n) is 9.02. The van der Waals surface area contributed by atoms with Crippen LogP contribution in [-0.4, -0.2) is 118 Å². The number of aryl methyl sites for hydroxylation is 1. The van der Waals surface area contributed by atoms with Gasteiger partial charge in [-0.2, -0.15) is 0 Å². The molecule has 0 unspecified atom stereocenters. The Morgan fingerprint density at radius 2 is 1.89 bits per heavy atom. The zero-order valence-electron chi connectivity index (χ0n) is 29.9. The lowest BCUT2D eigenvalue weighted by atomic mass is 10.1. The summed E-state index contributed by atoms with van der Waals surface area (Å²) in [5, 5.41) is 18.8. The van der Waals surface area contributed by atoms with Crippen molar-refractivity contribution in [3.63, 3.8) is 0 Å². The third-order valence-corrected chi connectivity index (χ3v) is 9.02. The summed E-state index contributed by atoms with van der Waals surface area (Å²) < 4.78 is 12.6. The first kappa shape index (κ1) is 42.4. The van der Waals surface area contributed by atoms with Crippen LogP contribution in [0.15, 0.2) is 25.9 Å². The summed E-state index contributed by atoms with van der Waals surface area (Å²) in [6.45, 7) is 3.15. The zero-order chi connectivity index (χ0) is 39.2. The Morgan fingerprint density at radius 3 is 2.55 bits per heavy atom. The molecule has 0 spiro atoms. The van der Waals surface area contributed by atoms with Crippen molar-refractivity contribution in [1.82, 2.24) is 25.1 Å². The summed E-state index contributed by atoms with van der Waals surface area (Å²) in [4.78, 5) is 88.3. The number of guanidine groups is 1. The Hall–Kier alpha value is -5.02. The van der Waals surface area contributed by atoms with Crippen LogP contribution in [0.3, 0.4) is 0 Å². The molecule has 3 rings (SSSR count). The lowest BCUT2D eigenvalue weighted by molar-refractivity contribution is -0.153. The van der Waals surface area contributed by atoms with Gasteiger partial charge in [0.2, 0.25) is 17.7 Å². The molecule has 1 aromatic rings. The molecule has 2 fully saturated rings. The van der Waals surface area contributed by atoms with Gasteiger partial charge in [0.05, 0.1) is 12.1 Å². The molecule has 3 heterocycles. The molecule has 2 saturated heterocycles. The number of rotatable bonds is 19. The highest BCUT2D eigenvalue weighted by molar-refractivity contribution is 5.94. The SMILES string of the molecule is Cc1cn([C@H]2C[C@H](N=[N+]=[N-])[C@@H](COC(=O)[C@H](CCCN=C(N)N)NC(=O)[C@@H]3CCCN3C(=O)[C@H](CCCCN)NC(=O)[C@@H](N)[C@@H](C)O)O2)c(=O)[nH]c1=O. The second-order valence-electron chi connectivity index (χ2n) is 13.1. The summed E-state index contributed by atoms with van der Waals surface area (Å²) >= 11 is 0. The zero-order valence-corrected chi connectivity index (χ0v) is 29.9. The van der Waals surface area contributed by atoms with E-state index >= 15 is 0 Å². The lowest BCUT2D eigenvalue weighted by Gasteiger charge is -2.30. The van der Waals surface area contributed by atoms with Gasteiger partial charge in [-0.3, -0.25) is 33.7 Å². The number of carbonyl (C=O) groups is 4. The van der Waals surface area contributed by atoms with E-state index in [1.807, 2.05) is 0 Å². The number of H-pyrrole nitrogens is 1. The average Bonchev–Trinajstić information content (AvgIpc) is 3.76. The number of aromatic amines is 1. The molecular weight excluding hydrogens is 698 g/mol. The third kappa shape index (κ3) is 12.0. The van der Waals surface area contributed by atoms with E-state index in [0.29, 0.717) is 25.8 Å². The van der Waals surface area contributed by atoms with E-state index in [1.165, 1.54) is 24.9 Å². The number of aliphatic imine (C=N–C) groups is 1. The van der Waals surface area contributed by atoms with Crippen LogP contribution in [-0.2, 0) is 28.7 Å². The number of carbonyl (C=O) groups excluding carboxylic acids is 4. The van der Waals surface area contributed by atoms with Gasteiger partial charge in [0, 0.05) is 36.2 Å². The second-order valence-corrected chi connectivity index (χ2v) is 13.1. The number of likely N-dealkylation sites (tertiary alicyclic amines) is 1. The van der Waals surface area contributed by atoms with Crippen molar-refractivity contribution in [2.24, 2.45) is 33.0 Å². The Bertz CT molecular complexity index is 1640. The van der Waals surface area contributed by atoms with Crippen molar-refractivity contribution < 1.29 is 33.8 Å². The van der Waals surface area contributed by atoms with Gasteiger partial charge in [0.1, 0.15) is 43.1 Å². The molecule has 8 atom stereocenters. The molecule has 53 heavy (non-hydrogen) atoms. The molecule has 0 aliphatic carbocycles. The number of azide groups is 1. The molecule has 0 radical (unpaired) electrons. The summed E-state index contributed by atoms with van der Waals surface area (Å²) in [5.41, 5.74) is 30.3. The Balaban J connectivity index is 1.75. The summed E-state index contributed by atoms with van der Waals surface area (Å²) in [5.74, 6) is -2.90. The Kier molecular flexibility index (Phi) is 16.2. The fraction of sp³-hybridized carbons (Fsp3) is 0.710. The maximum absolute atomic E-state index is 13.8. The van der Waals surface area contributed by atoms with Crippen molar-refractivity contribution in [2.45, 2.75) is 114 Å². The van der Waals surface area contributed by atoms with Crippen molar-refractivity contribution in [2.75, 3.05) is 26.2 Å². The number of hydrogen-bond acceptors (Lipinski definition) is 13. The molecule has 2 aliphatic heterocycles. The molecule has 0 saturated carbocycles. The first-order chi connectivity index (χ1) is 25.2. The molecular formula is C31H51N13O9. The molecule has 12 N–H and O–H groups in total. The van der Waals surface area contributed by atoms with E-state index in [2.05, 4.69) is 30.6 Å². The minimum atomic E-state index is -1.28. The number of hydrogen-bond donors (Lipinski definition) is 8. The number of nitrogens with two attached hydrogens (primary N) is 4. The number of nitrogens with zero attached hydrogens (tertiary/aromatic N) is 6. The van der Waals surface area contributed by atoms with Gasteiger partial charge in [-0.25, -0.2) is 9.59 Å². The smallest absolute Gasteiger partial charge is 0.330 e. The van der Waals surface area contributed by atoms with Crippen LogP contribution in [0.1, 0.15) is 70.1 Å². The second kappa shape index (κ2) is 20.3. The van der Waals surface area contributed by atoms with Crippen molar-refractivity contribution in [3.8, 4) is 0 Å². The van der Waals surface area contributed by atoms with Crippen molar-refractivity contribution >= 4 is 29.7 Å². The minimum Gasteiger partial charge on any atom is -0.461 e. The number of aliphatic hydroxyl groups excluding tert-OH is 1. The number of nitrogens with one attached hydrogen (secondary N) is 3. The predicted octanol–water partition coefficient (Wildman–Crippen LogP) is -2.79. The van der Waals surface area contributed by atoms with Crippen LogP contribution < -0.4 is 44.8 Å². The van der Waals surface area contributed by atoms with Crippen molar-refractivity contribution in [3.05, 3.63) is 43.0 Å². The number of esters is 1. The van der Waals surface area contributed by atoms with E-state index < -0.39 is 90.2 Å². The fourth-order valence-corrected chi connectivity index (χ4v) is 6.05. The first-order valence-corrected chi connectivity index (χ1v) is 17.5. The van der Waals surface area contributed by atoms with E-state index in [0.717, 1.165) is 4.57 Å². The monoisotopic (exact) mass is 749 g/mol. The van der Waals surface area contributed by atoms with E-state index in [1.54, 1.807) is 0 Å². The van der Waals surface area contributed by atoms with Gasteiger partial charge in [-0.05, 0) is 70.9 Å². The molecule has 22 nitrogen and oxygen atoms in total. The van der Waals surface area contributed by atoms with Gasteiger partial charge in [0.25, 0.3) is 5.56 Å². The van der Waals surface area contributed by atoms with Crippen LogP contribution in [0.4, 0.5) is 0 Å². The molecule has 1 aromatic heterocycles. The molecule has 294 valence electrons. The number of amides is 3. The molecule has 2 aliphatic rings. The molecule has 0 aromatic carbocycles. The quantitative estimate of drug-likeness (QED) is 0.0135. The molecule has 3 amide bonds. The maximum Gasteiger partial charge on any atom is 0.330 e. The lowest BCUT2D eigenvalue weighted by Crippen LogP contribution is -2.58. The summed E-state index contributed by atoms with van der Waals surface area (Å²) in [6.07, 6.45) is 0.606. The Labute approximate surface area is 304 Å². The van der Waals surface area contributed by atoms with Crippen LogP contribution in [0.5, 0.6) is 0 Å². The van der Waals surface area contributed by atoms with Crippen LogP contribution >= 0.6 is 0 Å². The highest BCUT2D eigenvalue weighted by atomic mass is 16.6. The largest absolute Gasteiger partial charge is 0.461 e. The highest BCUT2D eigenvalue weighted by Gasteiger charge is 2.41. The summed E-state index contributed by atoms with van der Waals surface area (Å²) in [7, 11) is 0. The molecule has 0 bridgehead atoms. The highest BCUT2D eigenvalue weighted by Crippen LogP contribution is 2.30. The molecule has 22 heteroatoms. The van der Waals surface area contributed by atoms with Gasteiger partial charge in [0.15, 0.2) is 5.96 Å². The van der Waals surface area contributed by atoms with Gasteiger partial charge >= 0.3 is 11.7 Å². The summed E-state index contributed by atoms with van der Waals surface area (Å²) in [6, 6.07) is -5.37. The minimum absolute atomic E-state index is 0.0387. The fourth-order valence-electron chi connectivity index (χ4n) is 6.05. The van der Waals surface area contributed by atoms with Crippen molar-refractivity contribution in [1.29, 1.82) is 0 Å². The normalized spacial score (nSPS) is 21.8. The van der Waals surface area contributed by atoms with Gasteiger partial charge in [-0.1, -0.05) is 5.11 Å². The number of ether oxygens (including phenoxy) is 2. The van der Waals surface area contributed by atoms with Gasteiger partial charge < -0.3 is 53.0 Å². The van der Waals surface area contributed by atoms with E-state index in [9.17, 15) is 33.9 Å². The first-order valence-electron chi connectivity index (χ1n) is 17.5. The average molecular weight is 750 g/mol. The van der Waals surface area contributed by atoms with Crippen LogP contribution in [0.25, 0.3) is 10.4 Å². The number of unbranched alkanes of at least 4 members (excludes halogenated alkanes) is 1. The Morgan fingerprint density at radius 1 is 1.17 bits per heavy atom. The number of aromatic nitrogens is 2. The van der Waals surface area contributed by atoms with Gasteiger partial charge in [-0.15, -0.1) is 0 Å². The topological polar surface area (TPSA) is 354 Å². The van der Waals surface area contributed by atoms with Crippen LogP contribution in [0.2, 0.25) is 0 Å².